The summed E-state index contributed by atoms with van der Waals surface area (Å²) < 4.78 is 108. The van der Waals surface area contributed by atoms with Gasteiger partial charge in [-0.15, -0.1) is 0 Å². The van der Waals surface area contributed by atoms with Gasteiger partial charge in [-0.2, -0.15) is 23.3 Å². The van der Waals surface area contributed by atoms with E-state index < -0.39 is 51.5 Å². The number of methoxy groups -OCH3 is 1. The molecule has 224 valence electrons. The Hall–Kier alpha value is -4.05. The Labute approximate surface area is 237 Å². The summed E-state index contributed by atoms with van der Waals surface area (Å²) in [4.78, 5) is 10.5. The molecular weight excluding hydrogens is 587 g/mol. The van der Waals surface area contributed by atoms with Crippen LogP contribution in [0.15, 0.2) is 36.5 Å². The molecule has 3 heterocycles. The average Bonchev–Trinajstić information content (AvgIpc) is 3.26. The van der Waals surface area contributed by atoms with Crippen molar-refractivity contribution in [2.75, 3.05) is 43.0 Å². The van der Waals surface area contributed by atoms with Gasteiger partial charge in [-0.3, -0.25) is 4.31 Å². The lowest BCUT2D eigenvalue weighted by Crippen LogP contribution is -2.49. The molecule has 1 unspecified atom stereocenters. The number of hydrogen-bond acceptors (Lipinski definition) is 8. The summed E-state index contributed by atoms with van der Waals surface area (Å²) in [5, 5.41) is 4.27. The van der Waals surface area contributed by atoms with Gasteiger partial charge in [0.2, 0.25) is 16.0 Å². The summed E-state index contributed by atoms with van der Waals surface area (Å²) in [6.45, 7) is -0.575. The van der Waals surface area contributed by atoms with Crippen LogP contribution in [0, 0.1) is 11.6 Å². The Morgan fingerprint density at radius 2 is 1.88 bits per heavy atom. The Morgan fingerprint density at radius 1 is 1.17 bits per heavy atom. The molecule has 1 aliphatic rings. The van der Waals surface area contributed by atoms with E-state index in [1.807, 2.05) is 12.1 Å². The van der Waals surface area contributed by atoms with Crippen molar-refractivity contribution in [1.82, 2.24) is 19.7 Å². The van der Waals surface area contributed by atoms with Crippen molar-refractivity contribution in [1.29, 1.82) is 0 Å². The zero-order chi connectivity index (χ0) is 30.6. The normalized spacial score (nSPS) is 15.6. The van der Waals surface area contributed by atoms with Crippen molar-refractivity contribution >= 4 is 32.7 Å². The molecule has 0 saturated carbocycles. The van der Waals surface area contributed by atoms with Crippen LogP contribution in [0.5, 0.6) is 5.75 Å². The number of hydrogen-bond donors (Lipinski definition) is 0. The van der Waals surface area contributed by atoms with Crippen LogP contribution in [0.3, 0.4) is 0 Å². The molecule has 0 N–H and O–H groups in total. The summed E-state index contributed by atoms with van der Waals surface area (Å²) >= 11 is 0. The molecule has 0 radical (unpaired) electrons. The smallest absolute Gasteiger partial charge is 0.419 e. The predicted molar refractivity (Wildman–Crippen MR) is 144 cm³/mol. The maximum absolute atomic E-state index is 15.4. The zero-order valence-electron chi connectivity index (χ0n) is 22.8. The number of rotatable bonds is 7. The van der Waals surface area contributed by atoms with Crippen LogP contribution in [0.4, 0.5) is 33.6 Å². The standard InChI is InChI=1S/C26H25F5N6O4S/c1-35(15-9-14-7-5-6-8-19(14)37(12-15)42(4,38)39)25-32-11-17-22(34-36(2)24(17)33-25)16-10-18(26(29,30)31)21(28)23(20(16)27)41-13-40-3/h5-8,10-11,15H,9,12-13H2,1-4H3. The summed E-state index contributed by atoms with van der Waals surface area (Å²) in [5.74, 6) is -4.40. The molecule has 0 spiro atoms. The van der Waals surface area contributed by atoms with Crippen molar-refractivity contribution in [2.24, 2.45) is 7.05 Å². The van der Waals surface area contributed by atoms with E-state index in [1.54, 1.807) is 24.1 Å². The topological polar surface area (TPSA) is 103 Å². The van der Waals surface area contributed by atoms with Gasteiger partial charge in [-0.25, -0.2) is 26.9 Å². The Balaban J connectivity index is 1.57. The number of likely N-dealkylation sites (N-methyl/N-ethyl adjacent to an activating group) is 1. The number of benzene rings is 2. The minimum atomic E-state index is -5.16. The summed E-state index contributed by atoms with van der Waals surface area (Å²) in [5.41, 5.74) is -1.12. The zero-order valence-corrected chi connectivity index (χ0v) is 23.6. The van der Waals surface area contributed by atoms with Gasteiger partial charge in [0.25, 0.3) is 0 Å². The number of fused-ring (bicyclic) bond motifs is 2. The van der Waals surface area contributed by atoms with Crippen LogP contribution in [0.1, 0.15) is 11.1 Å². The first-order chi connectivity index (χ1) is 19.7. The number of aryl methyl sites for hydroxylation is 1. The van der Waals surface area contributed by atoms with Gasteiger partial charge in [-0.05, 0) is 24.1 Å². The number of anilines is 2. The maximum Gasteiger partial charge on any atom is 0.419 e. The largest absolute Gasteiger partial charge is 0.461 e. The fourth-order valence-corrected chi connectivity index (χ4v) is 5.88. The average molecular weight is 613 g/mol. The fraction of sp³-hybridized carbons (Fsp3) is 0.346. The minimum Gasteiger partial charge on any atom is -0.461 e. The van der Waals surface area contributed by atoms with Gasteiger partial charge in [0.05, 0.1) is 35.5 Å². The maximum atomic E-state index is 15.4. The molecule has 0 fully saturated rings. The van der Waals surface area contributed by atoms with E-state index in [0.29, 0.717) is 18.2 Å². The van der Waals surface area contributed by atoms with Gasteiger partial charge >= 0.3 is 6.18 Å². The second kappa shape index (κ2) is 10.7. The number of sulfonamides is 1. The summed E-state index contributed by atoms with van der Waals surface area (Å²) in [6, 6.07) is 7.09. The van der Waals surface area contributed by atoms with Crippen LogP contribution >= 0.6 is 0 Å². The van der Waals surface area contributed by atoms with E-state index in [9.17, 15) is 26.0 Å². The van der Waals surface area contributed by atoms with Gasteiger partial charge < -0.3 is 14.4 Å². The van der Waals surface area contributed by atoms with Gasteiger partial charge in [-0.1, -0.05) is 18.2 Å². The predicted octanol–water partition coefficient (Wildman–Crippen LogP) is 4.14. The van der Waals surface area contributed by atoms with Crippen molar-refractivity contribution in [3.63, 3.8) is 0 Å². The van der Waals surface area contributed by atoms with E-state index in [-0.39, 0.29) is 35.3 Å². The summed E-state index contributed by atoms with van der Waals surface area (Å²) in [7, 11) is 0.694. The molecule has 5 rings (SSSR count). The number of aromatic nitrogens is 4. The highest BCUT2D eigenvalue weighted by molar-refractivity contribution is 7.92. The van der Waals surface area contributed by atoms with E-state index in [0.717, 1.165) is 18.9 Å². The molecule has 1 atom stereocenters. The lowest BCUT2D eigenvalue weighted by atomic mass is 9.99. The Bertz CT molecular complexity index is 1780. The molecule has 16 heteroatoms. The molecule has 42 heavy (non-hydrogen) atoms. The molecule has 10 nitrogen and oxygen atoms in total. The molecule has 4 aromatic rings. The molecule has 0 amide bonds. The third-order valence-electron chi connectivity index (χ3n) is 6.97. The SMILES string of the molecule is COCOc1c(F)c(-c2nn(C)c3nc(N(C)C4Cc5ccccc5N(S(C)(=O)=O)C4)ncc23)cc(C(F)(F)F)c1F. The third kappa shape index (κ3) is 5.19. The molecule has 0 aliphatic carbocycles. The van der Waals surface area contributed by atoms with Crippen molar-refractivity contribution in [3.8, 4) is 17.0 Å². The van der Waals surface area contributed by atoms with E-state index >= 15 is 4.39 Å². The van der Waals surface area contributed by atoms with E-state index in [2.05, 4.69) is 19.8 Å². The van der Waals surface area contributed by atoms with Gasteiger partial charge in [0, 0.05) is 33.0 Å². The number of nitrogens with zero attached hydrogens (tertiary/aromatic N) is 6. The van der Waals surface area contributed by atoms with Crippen molar-refractivity contribution < 1.29 is 39.8 Å². The van der Waals surface area contributed by atoms with E-state index in [1.165, 1.54) is 22.2 Å². The molecular formula is C26H25F5N6O4S. The van der Waals surface area contributed by atoms with Crippen molar-refractivity contribution in [3.05, 3.63) is 59.3 Å². The molecule has 2 aromatic carbocycles. The van der Waals surface area contributed by atoms with Crippen LogP contribution in [0.25, 0.3) is 22.3 Å². The highest BCUT2D eigenvalue weighted by atomic mass is 32.2. The minimum absolute atomic E-state index is 0.0951. The fourth-order valence-electron chi connectivity index (χ4n) is 4.90. The Kier molecular flexibility index (Phi) is 7.47. The quantitative estimate of drug-likeness (QED) is 0.227. The van der Waals surface area contributed by atoms with Crippen LogP contribution in [-0.2, 0) is 34.4 Å². The monoisotopic (exact) mass is 612 g/mol. The highest BCUT2D eigenvalue weighted by Crippen LogP contribution is 2.42. The number of alkyl halides is 3. The second-order valence-corrected chi connectivity index (χ2v) is 11.7. The van der Waals surface area contributed by atoms with Crippen LogP contribution in [0.2, 0.25) is 0 Å². The second-order valence-electron chi connectivity index (χ2n) is 9.75. The van der Waals surface area contributed by atoms with Gasteiger partial charge in [0.1, 0.15) is 5.69 Å². The van der Waals surface area contributed by atoms with Crippen LogP contribution in [-0.4, -0.2) is 68.0 Å². The first-order valence-electron chi connectivity index (χ1n) is 12.4. The molecule has 0 saturated heterocycles. The molecule has 2 aromatic heterocycles. The van der Waals surface area contributed by atoms with Crippen molar-refractivity contribution in [2.45, 2.75) is 18.6 Å². The number of ether oxygens (including phenoxy) is 2. The lowest BCUT2D eigenvalue weighted by Gasteiger charge is -2.38. The summed E-state index contributed by atoms with van der Waals surface area (Å²) in [6.07, 6.45) is -2.28. The highest BCUT2D eigenvalue weighted by Gasteiger charge is 2.39. The molecule has 1 aliphatic heterocycles. The number of halogens is 5. The first kappa shape index (κ1) is 29.4. The van der Waals surface area contributed by atoms with E-state index in [4.69, 9.17) is 4.74 Å². The van der Waals surface area contributed by atoms with Gasteiger partial charge in [0.15, 0.2) is 29.8 Å². The third-order valence-corrected chi connectivity index (χ3v) is 8.11. The first-order valence-corrected chi connectivity index (χ1v) is 14.3. The van der Waals surface area contributed by atoms with Crippen LogP contribution < -0.4 is 13.9 Å². The number of para-hydroxylation sites is 1. The molecule has 0 bridgehead atoms. The Morgan fingerprint density at radius 3 is 2.55 bits per heavy atom. The lowest BCUT2D eigenvalue weighted by molar-refractivity contribution is -0.140.